The summed E-state index contributed by atoms with van der Waals surface area (Å²) in [6.07, 6.45) is 0.0404. The molecule has 0 spiro atoms. The summed E-state index contributed by atoms with van der Waals surface area (Å²) in [5.74, 6) is 1.63. The first kappa shape index (κ1) is 13.5. The first-order valence-corrected chi connectivity index (χ1v) is 6.24. The van der Waals surface area contributed by atoms with E-state index in [4.69, 9.17) is 26.8 Å². The number of hydrogen-bond donors (Lipinski definition) is 2. The van der Waals surface area contributed by atoms with Crippen LogP contribution in [0, 0.1) is 0 Å². The Morgan fingerprint density at radius 3 is 2.53 bits per heavy atom. The molecule has 0 amide bonds. The van der Waals surface area contributed by atoms with Crippen LogP contribution in [0.4, 0.5) is 5.82 Å². The van der Waals surface area contributed by atoms with Gasteiger partial charge in [-0.05, 0) is 19.9 Å². The van der Waals surface area contributed by atoms with Gasteiger partial charge in [0.2, 0.25) is 0 Å². The molecule has 6 heteroatoms. The van der Waals surface area contributed by atoms with Crippen molar-refractivity contribution in [2.75, 3.05) is 12.8 Å². The van der Waals surface area contributed by atoms with Gasteiger partial charge in [0.05, 0.1) is 23.9 Å². The summed E-state index contributed by atoms with van der Waals surface area (Å²) in [6.45, 7) is 3.88. The molecule has 102 valence electrons. The molecule has 0 bridgehead atoms. The molecule has 5 nitrogen and oxygen atoms in total. The minimum atomic E-state index is 0.0404. The highest BCUT2D eigenvalue weighted by molar-refractivity contribution is 6.33. The van der Waals surface area contributed by atoms with Crippen LogP contribution < -0.4 is 15.2 Å². The van der Waals surface area contributed by atoms with Crippen LogP contribution in [0.5, 0.6) is 11.5 Å². The van der Waals surface area contributed by atoms with Crippen molar-refractivity contribution in [2.24, 2.45) is 0 Å². The van der Waals surface area contributed by atoms with Crippen molar-refractivity contribution in [3.63, 3.8) is 0 Å². The van der Waals surface area contributed by atoms with Crippen LogP contribution in [-0.2, 0) is 0 Å². The lowest BCUT2D eigenvalue weighted by atomic mass is 10.1. The Bertz CT molecular complexity index is 581. The summed E-state index contributed by atoms with van der Waals surface area (Å²) >= 11 is 6.26. The van der Waals surface area contributed by atoms with Crippen molar-refractivity contribution in [2.45, 2.75) is 20.0 Å². The molecular weight excluding hydrogens is 266 g/mol. The predicted molar refractivity (Wildman–Crippen MR) is 75.8 cm³/mol. The lowest BCUT2D eigenvalue weighted by Crippen LogP contribution is -2.06. The second-order valence-electron chi connectivity index (χ2n) is 4.36. The van der Waals surface area contributed by atoms with E-state index < -0.39 is 0 Å². The molecule has 19 heavy (non-hydrogen) atoms. The predicted octanol–water partition coefficient (Wildman–Crippen LogP) is 3.11. The molecule has 0 aliphatic carbocycles. The van der Waals surface area contributed by atoms with E-state index in [0.29, 0.717) is 22.3 Å². The number of methoxy groups -OCH3 is 1. The van der Waals surface area contributed by atoms with Crippen molar-refractivity contribution in [3.05, 3.63) is 23.2 Å². The number of benzene rings is 1. The van der Waals surface area contributed by atoms with Gasteiger partial charge in [-0.2, -0.15) is 5.10 Å². The zero-order chi connectivity index (χ0) is 14.0. The van der Waals surface area contributed by atoms with Gasteiger partial charge in [0.25, 0.3) is 0 Å². The Hall–Kier alpha value is -1.88. The van der Waals surface area contributed by atoms with Crippen LogP contribution in [0.3, 0.4) is 0 Å². The zero-order valence-electron chi connectivity index (χ0n) is 11.0. The number of aromatic nitrogens is 2. The molecular formula is C13H16ClN3O2. The highest BCUT2D eigenvalue weighted by atomic mass is 35.5. The number of H-pyrrole nitrogens is 1. The number of nitrogens with one attached hydrogen (secondary N) is 1. The Balaban J connectivity index is 2.47. The lowest BCUT2D eigenvalue weighted by Gasteiger charge is -2.15. The summed E-state index contributed by atoms with van der Waals surface area (Å²) in [6, 6.07) is 5.24. The molecule has 0 unspecified atom stereocenters. The number of rotatable bonds is 4. The topological polar surface area (TPSA) is 73.2 Å². The standard InChI is InChI=1S/C13H16ClN3O2/c1-7(2)19-12-5-9(14)8(4-11(12)18-3)10-6-13(15)17-16-10/h4-7H,1-3H3,(H3,15,16,17). The first-order valence-electron chi connectivity index (χ1n) is 5.86. The second kappa shape index (κ2) is 5.40. The Morgan fingerprint density at radius 1 is 1.26 bits per heavy atom. The van der Waals surface area contributed by atoms with E-state index in [1.165, 1.54) is 0 Å². The quantitative estimate of drug-likeness (QED) is 0.903. The average molecular weight is 282 g/mol. The fourth-order valence-electron chi connectivity index (χ4n) is 1.72. The van der Waals surface area contributed by atoms with Crippen molar-refractivity contribution in [1.29, 1.82) is 0 Å². The third kappa shape index (κ3) is 2.93. The number of hydrogen-bond acceptors (Lipinski definition) is 4. The van der Waals surface area contributed by atoms with Crippen LogP contribution in [-0.4, -0.2) is 23.4 Å². The SMILES string of the molecule is COc1cc(-c2cc(N)n[nH]2)c(Cl)cc1OC(C)C. The van der Waals surface area contributed by atoms with Crippen molar-refractivity contribution in [1.82, 2.24) is 10.2 Å². The third-order valence-corrected chi connectivity index (χ3v) is 2.82. The molecule has 1 aromatic heterocycles. The summed E-state index contributed by atoms with van der Waals surface area (Å²) < 4.78 is 11.0. The second-order valence-corrected chi connectivity index (χ2v) is 4.76. The van der Waals surface area contributed by atoms with E-state index in [1.54, 1.807) is 25.3 Å². The number of aromatic amines is 1. The summed E-state index contributed by atoms with van der Waals surface area (Å²) in [7, 11) is 1.58. The number of halogens is 1. The maximum atomic E-state index is 6.26. The minimum absolute atomic E-state index is 0.0404. The van der Waals surface area contributed by atoms with Crippen LogP contribution in [0.1, 0.15) is 13.8 Å². The smallest absolute Gasteiger partial charge is 0.163 e. The van der Waals surface area contributed by atoms with Gasteiger partial charge in [-0.15, -0.1) is 0 Å². The van der Waals surface area contributed by atoms with E-state index in [9.17, 15) is 0 Å². The van der Waals surface area contributed by atoms with E-state index in [-0.39, 0.29) is 6.10 Å². The first-order chi connectivity index (χ1) is 9.01. The number of anilines is 1. The highest BCUT2D eigenvalue weighted by Crippen LogP contribution is 2.38. The van der Waals surface area contributed by atoms with Gasteiger partial charge < -0.3 is 15.2 Å². The van der Waals surface area contributed by atoms with Crippen molar-refractivity contribution >= 4 is 17.4 Å². The maximum Gasteiger partial charge on any atom is 0.163 e. The molecule has 0 atom stereocenters. The monoisotopic (exact) mass is 281 g/mol. The minimum Gasteiger partial charge on any atom is -0.493 e. The number of nitrogens with zero attached hydrogens (tertiary/aromatic N) is 1. The highest BCUT2D eigenvalue weighted by Gasteiger charge is 2.14. The fraction of sp³-hybridized carbons (Fsp3) is 0.308. The van der Waals surface area contributed by atoms with Gasteiger partial charge >= 0.3 is 0 Å². The molecule has 0 radical (unpaired) electrons. The van der Waals surface area contributed by atoms with Crippen LogP contribution in [0.2, 0.25) is 5.02 Å². The largest absolute Gasteiger partial charge is 0.493 e. The molecule has 2 aromatic rings. The molecule has 0 fully saturated rings. The van der Waals surface area contributed by atoms with Crippen molar-refractivity contribution < 1.29 is 9.47 Å². The maximum absolute atomic E-state index is 6.26. The molecule has 1 heterocycles. The molecule has 3 N–H and O–H groups in total. The average Bonchev–Trinajstić information content (AvgIpc) is 2.75. The van der Waals surface area contributed by atoms with E-state index >= 15 is 0 Å². The number of nitrogens with two attached hydrogens (primary N) is 1. The third-order valence-electron chi connectivity index (χ3n) is 2.50. The zero-order valence-corrected chi connectivity index (χ0v) is 11.8. The van der Waals surface area contributed by atoms with E-state index in [2.05, 4.69) is 10.2 Å². The summed E-state index contributed by atoms with van der Waals surface area (Å²) in [5, 5.41) is 7.24. The molecule has 0 aliphatic rings. The Labute approximate surface area is 116 Å². The molecule has 0 aliphatic heterocycles. The van der Waals surface area contributed by atoms with Gasteiger partial charge in [0.1, 0.15) is 5.82 Å². The van der Waals surface area contributed by atoms with Gasteiger partial charge in [0, 0.05) is 17.7 Å². The van der Waals surface area contributed by atoms with Gasteiger partial charge in [-0.3, -0.25) is 5.10 Å². The van der Waals surface area contributed by atoms with Crippen LogP contribution in [0.15, 0.2) is 18.2 Å². The van der Waals surface area contributed by atoms with Crippen molar-refractivity contribution in [3.8, 4) is 22.8 Å². The van der Waals surface area contributed by atoms with Gasteiger partial charge in [-0.25, -0.2) is 0 Å². The number of ether oxygens (including phenoxy) is 2. The molecule has 1 aromatic carbocycles. The summed E-state index contributed by atoms with van der Waals surface area (Å²) in [5.41, 5.74) is 7.09. The van der Waals surface area contributed by atoms with Gasteiger partial charge in [0.15, 0.2) is 11.5 Å². The summed E-state index contributed by atoms with van der Waals surface area (Å²) in [4.78, 5) is 0. The Kier molecular flexibility index (Phi) is 3.85. The van der Waals surface area contributed by atoms with Crippen LogP contribution in [0.25, 0.3) is 11.3 Å². The molecule has 0 saturated heterocycles. The lowest BCUT2D eigenvalue weighted by molar-refractivity contribution is 0.230. The van der Waals surface area contributed by atoms with Crippen LogP contribution >= 0.6 is 11.6 Å². The fourth-order valence-corrected chi connectivity index (χ4v) is 1.98. The van der Waals surface area contributed by atoms with E-state index in [1.807, 2.05) is 13.8 Å². The molecule has 2 rings (SSSR count). The van der Waals surface area contributed by atoms with Gasteiger partial charge in [-0.1, -0.05) is 11.6 Å². The molecule has 0 saturated carbocycles. The number of nitrogen functional groups attached to an aromatic ring is 1. The Morgan fingerprint density at radius 2 is 2.00 bits per heavy atom. The normalized spacial score (nSPS) is 10.8. The van der Waals surface area contributed by atoms with E-state index in [0.717, 1.165) is 11.3 Å².